The summed E-state index contributed by atoms with van der Waals surface area (Å²) in [6, 6.07) is 6.30. The van der Waals surface area contributed by atoms with Gasteiger partial charge in [0.2, 0.25) is 0 Å². The van der Waals surface area contributed by atoms with Crippen LogP contribution in [-0.2, 0) is 4.84 Å². The quantitative estimate of drug-likeness (QED) is 0.712. The van der Waals surface area contributed by atoms with Crippen molar-refractivity contribution in [1.82, 2.24) is 5.48 Å². The summed E-state index contributed by atoms with van der Waals surface area (Å²) in [5.74, 6) is -0.226. The molecule has 1 aliphatic rings. The topological polar surface area (TPSA) is 21.3 Å². The lowest BCUT2D eigenvalue weighted by Gasteiger charge is -2.02. The number of hydrogen-bond donors (Lipinski definition) is 1. The second kappa shape index (κ2) is 3.18. The standard InChI is InChI=1S/C10H10FNO/c1-7-6-10(12-13-7)8-2-4-9(11)5-3-8/h2-7,12H,1H3. The normalized spacial score (nSPS) is 21.1. The monoisotopic (exact) mass is 179 g/mol. The first-order valence-corrected chi connectivity index (χ1v) is 4.15. The van der Waals surface area contributed by atoms with Crippen LogP contribution in [0.4, 0.5) is 4.39 Å². The zero-order valence-corrected chi connectivity index (χ0v) is 7.25. The summed E-state index contributed by atoms with van der Waals surface area (Å²) in [4.78, 5) is 5.11. The van der Waals surface area contributed by atoms with Gasteiger partial charge < -0.3 is 0 Å². The molecule has 0 saturated heterocycles. The highest BCUT2D eigenvalue weighted by atomic mass is 19.1. The van der Waals surface area contributed by atoms with Crippen LogP contribution in [0.3, 0.4) is 0 Å². The van der Waals surface area contributed by atoms with Gasteiger partial charge in [0.1, 0.15) is 11.9 Å². The number of benzene rings is 1. The Bertz CT molecular complexity index is 331. The summed E-state index contributed by atoms with van der Waals surface area (Å²) in [6.45, 7) is 1.93. The van der Waals surface area contributed by atoms with Crippen molar-refractivity contribution in [3.63, 3.8) is 0 Å². The largest absolute Gasteiger partial charge is 0.269 e. The molecule has 2 nitrogen and oxygen atoms in total. The third-order valence-corrected chi connectivity index (χ3v) is 1.91. The molecule has 1 atom stereocenters. The van der Waals surface area contributed by atoms with Gasteiger partial charge in [-0.1, -0.05) is 0 Å². The van der Waals surface area contributed by atoms with E-state index in [2.05, 4.69) is 5.48 Å². The first kappa shape index (κ1) is 8.26. The molecule has 1 heterocycles. The second-order valence-electron chi connectivity index (χ2n) is 3.01. The average Bonchev–Trinajstić information content (AvgIpc) is 2.53. The summed E-state index contributed by atoms with van der Waals surface area (Å²) in [5.41, 5.74) is 4.61. The molecule has 1 aromatic rings. The van der Waals surface area contributed by atoms with Gasteiger partial charge in [-0.15, -0.1) is 0 Å². The van der Waals surface area contributed by atoms with E-state index in [9.17, 15) is 4.39 Å². The highest BCUT2D eigenvalue weighted by Crippen LogP contribution is 2.17. The molecule has 1 aromatic carbocycles. The zero-order chi connectivity index (χ0) is 9.26. The number of hydroxylamine groups is 1. The van der Waals surface area contributed by atoms with E-state index in [1.807, 2.05) is 13.0 Å². The Labute approximate surface area is 76.0 Å². The van der Waals surface area contributed by atoms with Gasteiger partial charge in [-0.2, -0.15) is 0 Å². The molecule has 2 rings (SSSR count). The lowest BCUT2D eigenvalue weighted by molar-refractivity contribution is 0.0625. The molecule has 1 aliphatic heterocycles. The minimum atomic E-state index is -0.226. The number of hydrogen-bond acceptors (Lipinski definition) is 2. The fourth-order valence-corrected chi connectivity index (χ4v) is 1.24. The fraction of sp³-hybridized carbons (Fsp3) is 0.200. The summed E-state index contributed by atoms with van der Waals surface area (Å²) >= 11 is 0. The predicted molar refractivity (Wildman–Crippen MR) is 48.1 cm³/mol. The van der Waals surface area contributed by atoms with Gasteiger partial charge in [0, 0.05) is 0 Å². The highest BCUT2D eigenvalue weighted by molar-refractivity contribution is 5.64. The van der Waals surface area contributed by atoms with Crippen molar-refractivity contribution >= 4 is 5.70 Å². The smallest absolute Gasteiger partial charge is 0.123 e. The van der Waals surface area contributed by atoms with Gasteiger partial charge in [-0.25, -0.2) is 4.39 Å². The van der Waals surface area contributed by atoms with Crippen LogP contribution in [0.15, 0.2) is 30.3 Å². The molecule has 0 bridgehead atoms. The van der Waals surface area contributed by atoms with Crippen molar-refractivity contribution in [3.05, 3.63) is 41.7 Å². The molecular formula is C10H10FNO. The van der Waals surface area contributed by atoms with Gasteiger partial charge in [-0.05, 0) is 42.8 Å². The van der Waals surface area contributed by atoms with Crippen molar-refractivity contribution < 1.29 is 9.23 Å². The lowest BCUT2D eigenvalue weighted by Crippen LogP contribution is -2.08. The first-order chi connectivity index (χ1) is 6.25. The summed E-state index contributed by atoms with van der Waals surface area (Å²) in [7, 11) is 0. The Morgan fingerprint density at radius 2 is 2.00 bits per heavy atom. The van der Waals surface area contributed by atoms with Crippen molar-refractivity contribution in [2.75, 3.05) is 0 Å². The number of nitrogens with one attached hydrogen (secondary N) is 1. The van der Waals surface area contributed by atoms with Gasteiger partial charge in [0.05, 0.1) is 5.70 Å². The third kappa shape index (κ3) is 1.70. The Balaban J connectivity index is 2.26. The number of halogens is 1. The second-order valence-corrected chi connectivity index (χ2v) is 3.01. The van der Waals surface area contributed by atoms with Crippen molar-refractivity contribution in [1.29, 1.82) is 0 Å². The van der Waals surface area contributed by atoms with Crippen LogP contribution in [0.5, 0.6) is 0 Å². The van der Waals surface area contributed by atoms with Gasteiger partial charge in [-0.3, -0.25) is 10.3 Å². The maximum Gasteiger partial charge on any atom is 0.123 e. The van der Waals surface area contributed by atoms with Crippen LogP contribution in [0.25, 0.3) is 5.70 Å². The Hall–Kier alpha value is -1.35. The fourth-order valence-electron chi connectivity index (χ4n) is 1.24. The van der Waals surface area contributed by atoms with E-state index < -0.39 is 0 Å². The summed E-state index contributed by atoms with van der Waals surface area (Å²) < 4.78 is 12.6. The van der Waals surface area contributed by atoms with Crippen molar-refractivity contribution in [3.8, 4) is 0 Å². The summed E-state index contributed by atoms with van der Waals surface area (Å²) in [5, 5.41) is 0. The molecule has 13 heavy (non-hydrogen) atoms. The molecule has 0 saturated carbocycles. The Kier molecular flexibility index (Phi) is 2.02. The van der Waals surface area contributed by atoms with E-state index in [4.69, 9.17) is 4.84 Å². The highest BCUT2D eigenvalue weighted by Gasteiger charge is 2.12. The van der Waals surface area contributed by atoms with Crippen LogP contribution in [0.1, 0.15) is 12.5 Å². The van der Waals surface area contributed by atoms with E-state index in [1.54, 1.807) is 12.1 Å². The summed E-state index contributed by atoms with van der Waals surface area (Å²) in [6.07, 6.45) is 2.02. The molecule has 1 unspecified atom stereocenters. The van der Waals surface area contributed by atoms with E-state index in [0.717, 1.165) is 11.3 Å². The van der Waals surface area contributed by atoms with E-state index in [-0.39, 0.29) is 11.9 Å². The SMILES string of the molecule is CC1C=C(c2ccc(F)cc2)NO1. The van der Waals surface area contributed by atoms with E-state index >= 15 is 0 Å². The van der Waals surface area contributed by atoms with E-state index in [0.29, 0.717) is 0 Å². The molecule has 0 radical (unpaired) electrons. The van der Waals surface area contributed by atoms with Crippen molar-refractivity contribution in [2.24, 2.45) is 0 Å². The van der Waals surface area contributed by atoms with E-state index in [1.165, 1.54) is 12.1 Å². The minimum Gasteiger partial charge on any atom is -0.269 e. The van der Waals surface area contributed by atoms with Gasteiger partial charge >= 0.3 is 0 Å². The average molecular weight is 179 g/mol. The Morgan fingerprint density at radius 1 is 1.31 bits per heavy atom. The lowest BCUT2D eigenvalue weighted by atomic mass is 10.1. The zero-order valence-electron chi connectivity index (χ0n) is 7.25. The van der Waals surface area contributed by atoms with Crippen LogP contribution >= 0.6 is 0 Å². The van der Waals surface area contributed by atoms with Crippen LogP contribution < -0.4 is 5.48 Å². The van der Waals surface area contributed by atoms with Crippen LogP contribution in [0, 0.1) is 5.82 Å². The molecule has 0 aromatic heterocycles. The Morgan fingerprint density at radius 3 is 2.54 bits per heavy atom. The van der Waals surface area contributed by atoms with Gasteiger partial charge in [0.15, 0.2) is 0 Å². The van der Waals surface area contributed by atoms with Gasteiger partial charge in [0.25, 0.3) is 0 Å². The minimum absolute atomic E-state index is 0.0695. The van der Waals surface area contributed by atoms with Crippen molar-refractivity contribution in [2.45, 2.75) is 13.0 Å². The molecule has 0 fully saturated rings. The van der Waals surface area contributed by atoms with Crippen LogP contribution in [-0.4, -0.2) is 6.10 Å². The molecule has 68 valence electrons. The number of rotatable bonds is 1. The molecule has 1 N–H and O–H groups in total. The molecule has 0 spiro atoms. The first-order valence-electron chi connectivity index (χ1n) is 4.15. The maximum absolute atomic E-state index is 12.6. The predicted octanol–water partition coefficient (Wildman–Crippen LogP) is 2.09. The molecular weight excluding hydrogens is 169 g/mol. The maximum atomic E-state index is 12.6. The third-order valence-electron chi connectivity index (χ3n) is 1.91. The molecule has 0 amide bonds. The van der Waals surface area contributed by atoms with Crippen LogP contribution in [0.2, 0.25) is 0 Å². The molecule has 3 heteroatoms. The molecule has 0 aliphatic carbocycles.